The second-order valence-electron chi connectivity index (χ2n) is 7.52. The molecule has 25 heavy (non-hydrogen) atoms. The molecule has 2 saturated heterocycles. The number of nitrogens with one attached hydrogen (secondary N) is 2. The molecule has 3 rings (SSSR count). The van der Waals surface area contributed by atoms with Gasteiger partial charge in [-0.2, -0.15) is 0 Å². The fraction of sp³-hybridized carbons (Fsp3) is 0.579. The number of rotatable bonds is 4. The minimum Gasteiger partial charge on any atom is -0.339 e. The van der Waals surface area contributed by atoms with Crippen LogP contribution in [0.25, 0.3) is 0 Å². The molecule has 5 nitrogen and oxygen atoms in total. The Morgan fingerprint density at radius 3 is 2.48 bits per heavy atom. The van der Waals surface area contributed by atoms with Crippen LogP contribution in [0.15, 0.2) is 18.2 Å². The highest BCUT2D eigenvalue weighted by Gasteiger charge is 2.36. The predicted molar refractivity (Wildman–Crippen MR) is 100.0 cm³/mol. The van der Waals surface area contributed by atoms with Gasteiger partial charge in [0.05, 0.1) is 10.6 Å². The number of piperidine rings is 1. The van der Waals surface area contributed by atoms with Gasteiger partial charge in [0.15, 0.2) is 0 Å². The number of hydrogen-bond donors (Lipinski definition) is 2. The number of carbonyl (C=O) groups excluding carboxylic acids is 2. The predicted octanol–water partition coefficient (Wildman–Crippen LogP) is 3.29. The minimum atomic E-state index is -0.122. The van der Waals surface area contributed by atoms with E-state index in [0.29, 0.717) is 28.4 Å². The van der Waals surface area contributed by atoms with Crippen LogP contribution in [-0.2, 0) is 4.79 Å². The SMILES string of the molecule is CC(C)C(=O)Nc1ccc(Cl)c(C(=O)N(C)C2CC3CCC(C2)N3)c1. The first-order valence-corrected chi connectivity index (χ1v) is 9.36. The summed E-state index contributed by atoms with van der Waals surface area (Å²) in [6.07, 6.45) is 4.36. The lowest BCUT2D eigenvalue weighted by molar-refractivity contribution is -0.118. The normalized spacial score (nSPS) is 25.1. The van der Waals surface area contributed by atoms with Crippen LogP contribution in [0.4, 0.5) is 5.69 Å². The first-order chi connectivity index (χ1) is 11.8. The number of amides is 2. The van der Waals surface area contributed by atoms with Gasteiger partial charge in [-0.25, -0.2) is 0 Å². The molecule has 2 aliphatic heterocycles. The van der Waals surface area contributed by atoms with Crippen molar-refractivity contribution in [3.8, 4) is 0 Å². The molecule has 2 atom stereocenters. The van der Waals surface area contributed by atoms with Gasteiger partial charge in [0.25, 0.3) is 5.91 Å². The van der Waals surface area contributed by atoms with Gasteiger partial charge in [-0.15, -0.1) is 0 Å². The van der Waals surface area contributed by atoms with E-state index in [1.807, 2.05) is 25.8 Å². The molecule has 0 aromatic heterocycles. The van der Waals surface area contributed by atoms with Crippen LogP contribution < -0.4 is 10.6 Å². The molecular weight excluding hydrogens is 338 g/mol. The smallest absolute Gasteiger partial charge is 0.255 e. The zero-order valence-electron chi connectivity index (χ0n) is 15.0. The number of anilines is 1. The first-order valence-electron chi connectivity index (χ1n) is 8.98. The zero-order valence-corrected chi connectivity index (χ0v) is 15.8. The average Bonchev–Trinajstić information content (AvgIpc) is 2.93. The number of hydrogen-bond acceptors (Lipinski definition) is 3. The molecular formula is C19H26ClN3O2. The Hall–Kier alpha value is -1.59. The van der Waals surface area contributed by atoms with Crippen molar-refractivity contribution in [3.05, 3.63) is 28.8 Å². The molecule has 2 bridgehead atoms. The monoisotopic (exact) mass is 363 g/mol. The van der Waals surface area contributed by atoms with E-state index >= 15 is 0 Å². The van der Waals surface area contributed by atoms with Crippen molar-refractivity contribution in [1.82, 2.24) is 10.2 Å². The van der Waals surface area contributed by atoms with E-state index in [2.05, 4.69) is 10.6 Å². The fourth-order valence-electron chi connectivity index (χ4n) is 3.75. The molecule has 136 valence electrons. The third kappa shape index (κ3) is 3.98. The molecule has 2 heterocycles. The Balaban J connectivity index is 1.75. The molecule has 2 aliphatic rings. The lowest BCUT2D eigenvalue weighted by atomic mass is 9.98. The molecule has 2 unspecified atom stereocenters. The largest absolute Gasteiger partial charge is 0.339 e. The standard InChI is InChI=1S/C19H26ClN3O2/c1-11(2)18(24)22-14-6-7-17(20)16(10-14)19(25)23(3)15-8-12-4-5-13(9-15)21-12/h6-7,10-13,15,21H,4-5,8-9H2,1-3H3,(H,22,24). The second-order valence-corrected chi connectivity index (χ2v) is 7.92. The number of carbonyl (C=O) groups is 2. The van der Waals surface area contributed by atoms with Crippen molar-refractivity contribution in [1.29, 1.82) is 0 Å². The van der Waals surface area contributed by atoms with Crippen LogP contribution in [0, 0.1) is 5.92 Å². The molecule has 2 amide bonds. The lowest BCUT2D eigenvalue weighted by Gasteiger charge is -2.35. The Morgan fingerprint density at radius 2 is 1.88 bits per heavy atom. The number of halogens is 1. The summed E-state index contributed by atoms with van der Waals surface area (Å²) in [5.74, 6) is -0.288. The third-order valence-electron chi connectivity index (χ3n) is 5.30. The van der Waals surface area contributed by atoms with Crippen LogP contribution in [0.3, 0.4) is 0 Å². The summed E-state index contributed by atoms with van der Waals surface area (Å²) in [5, 5.41) is 6.84. The van der Waals surface area contributed by atoms with E-state index in [1.54, 1.807) is 18.2 Å². The van der Waals surface area contributed by atoms with Gasteiger partial charge in [-0.1, -0.05) is 25.4 Å². The van der Waals surface area contributed by atoms with Crippen molar-refractivity contribution in [2.75, 3.05) is 12.4 Å². The maximum absolute atomic E-state index is 13.0. The van der Waals surface area contributed by atoms with Crippen molar-refractivity contribution < 1.29 is 9.59 Å². The van der Waals surface area contributed by atoms with Crippen molar-refractivity contribution in [3.63, 3.8) is 0 Å². The summed E-state index contributed by atoms with van der Waals surface area (Å²) in [5.41, 5.74) is 1.04. The highest BCUT2D eigenvalue weighted by molar-refractivity contribution is 6.34. The highest BCUT2D eigenvalue weighted by Crippen LogP contribution is 2.31. The third-order valence-corrected chi connectivity index (χ3v) is 5.63. The van der Waals surface area contributed by atoms with E-state index < -0.39 is 0 Å². The Kier molecular flexibility index (Phi) is 5.35. The number of nitrogens with zero attached hydrogens (tertiary/aromatic N) is 1. The lowest BCUT2D eigenvalue weighted by Crippen LogP contribution is -2.48. The van der Waals surface area contributed by atoms with Crippen LogP contribution >= 0.6 is 11.6 Å². The first kappa shape index (κ1) is 18.2. The van der Waals surface area contributed by atoms with Crippen LogP contribution in [0.5, 0.6) is 0 Å². The van der Waals surface area contributed by atoms with Crippen LogP contribution in [0.1, 0.15) is 49.9 Å². The summed E-state index contributed by atoms with van der Waals surface area (Å²) < 4.78 is 0. The zero-order chi connectivity index (χ0) is 18.1. The summed E-state index contributed by atoms with van der Waals surface area (Å²) in [4.78, 5) is 26.7. The van der Waals surface area contributed by atoms with E-state index in [4.69, 9.17) is 11.6 Å². The molecule has 1 aromatic carbocycles. The minimum absolute atomic E-state index is 0.0796. The Labute approximate surface area is 154 Å². The maximum atomic E-state index is 13.0. The average molecular weight is 364 g/mol. The molecule has 2 N–H and O–H groups in total. The Bertz CT molecular complexity index is 665. The van der Waals surface area contributed by atoms with Crippen LogP contribution in [-0.4, -0.2) is 41.9 Å². The second kappa shape index (κ2) is 7.34. The van der Waals surface area contributed by atoms with Gasteiger partial charge in [-0.05, 0) is 43.9 Å². The summed E-state index contributed by atoms with van der Waals surface area (Å²) >= 11 is 6.27. The van der Waals surface area contributed by atoms with Gasteiger partial charge in [0.1, 0.15) is 0 Å². The van der Waals surface area contributed by atoms with Crippen molar-refractivity contribution in [2.45, 2.75) is 57.7 Å². The molecule has 0 aliphatic carbocycles. The van der Waals surface area contributed by atoms with Crippen LogP contribution in [0.2, 0.25) is 5.02 Å². The number of benzene rings is 1. The highest BCUT2D eigenvalue weighted by atomic mass is 35.5. The Morgan fingerprint density at radius 1 is 1.24 bits per heavy atom. The van der Waals surface area contributed by atoms with Crippen molar-refractivity contribution >= 4 is 29.1 Å². The topological polar surface area (TPSA) is 61.4 Å². The van der Waals surface area contributed by atoms with Gasteiger partial charge in [0.2, 0.25) is 5.91 Å². The molecule has 0 spiro atoms. The van der Waals surface area contributed by atoms with Crippen molar-refractivity contribution in [2.24, 2.45) is 5.92 Å². The van der Waals surface area contributed by atoms with Gasteiger partial charge >= 0.3 is 0 Å². The molecule has 0 saturated carbocycles. The van der Waals surface area contributed by atoms with E-state index in [0.717, 1.165) is 12.8 Å². The molecule has 1 aromatic rings. The molecule has 0 radical (unpaired) electrons. The fourth-order valence-corrected chi connectivity index (χ4v) is 3.95. The summed E-state index contributed by atoms with van der Waals surface area (Å²) in [6.45, 7) is 3.66. The van der Waals surface area contributed by atoms with Gasteiger partial charge in [-0.3, -0.25) is 9.59 Å². The van der Waals surface area contributed by atoms with Gasteiger partial charge < -0.3 is 15.5 Å². The molecule has 2 fully saturated rings. The van der Waals surface area contributed by atoms with E-state index in [-0.39, 0.29) is 23.8 Å². The van der Waals surface area contributed by atoms with E-state index in [9.17, 15) is 9.59 Å². The number of fused-ring (bicyclic) bond motifs is 2. The quantitative estimate of drug-likeness (QED) is 0.862. The summed E-state index contributed by atoms with van der Waals surface area (Å²) in [7, 11) is 1.85. The van der Waals surface area contributed by atoms with E-state index in [1.165, 1.54) is 12.8 Å². The maximum Gasteiger partial charge on any atom is 0.255 e. The summed E-state index contributed by atoms with van der Waals surface area (Å²) in [6, 6.07) is 6.35. The van der Waals surface area contributed by atoms with Gasteiger partial charge in [0, 0.05) is 36.8 Å². The molecule has 6 heteroatoms.